The van der Waals surface area contributed by atoms with Crippen LogP contribution in [0.15, 0.2) is 6.20 Å². The molecule has 0 aliphatic carbocycles. The molecule has 0 aromatic carbocycles. The molecule has 1 aromatic rings. The van der Waals surface area contributed by atoms with Gasteiger partial charge in [0, 0.05) is 17.6 Å². The van der Waals surface area contributed by atoms with Crippen LogP contribution in [-0.2, 0) is 4.79 Å². The lowest BCUT2D eigenvalue weighted by Gasteiger charge is -2.27. The third-order valence-corrected chi connectivity index (χ3v) is 4.85. The van der Waals surface area contributed by atoms with E-state index in [-0.39, 0.29) is 18.6 Å². The van der Waals surface area contributed by atoms with Crippen LogP contribution in [0.4, 0.5) is 4.79 Å². The lowest BCUT2D eigenvalue weighted by atomic mass is 9.82. The Labute approximate surface area is 129 Å². The summed E-state index contributed by atoms with van der Waals surface area (Å²) in [5.41, 5.74) is -0.904. The van der Waals surface area contributed by atoms with Gasteiger partial charge in [-0.15, -0.1) is 11.3 Å². The standard InChI is InChI=1S/C14H23N3O3S/c1-5-14(6-2,12(18)19)8-16-13(20)17-10(4)11-15-7-9(3)21-11/h7,10H,5-6,8H2,1-4H3,(H,18,19)(H2,16,17,20). The first kappa shape index (κ1) is 17.4. The van der Waals surface area contributed by atoms with Gasteiger partial charge in [0.25, 0.3) is 0 Å². The molecule has 0 aliphatic heterocycles. The van der Waals surface area contributed by atoms with Crippen molar-refractivity contribution in [3.8, 4) is 0 Å². The van der Waals surface area contributed by atoms with Gasteiger partial charge in [0.15, 0.2) is 0 Å². The normalized spacial score (nSPS) is 12.8. The Morgan fingerprint density at radius 3 is 2.48 bits per heavy atom. The van der Waals surface area contributed by atoms with E-state index in [1.165, 1.54) is 11.3 Å². The molecular formula is C14H23N3O3S. The molecule has 2 amide bonds. The van der Waals surface area contributed by atoms with Gasteiger partial charge < -0.3 is 15.7 Å². The molecule has 0 bridgehead atoms. The van der Waals surface area contributed by atoms with E-state index in [0.29, 0.717) is 12.8 Å². The third-order valence-electron chi connectivity index (χ3n) is 3.75. The number of amides is 2. The molecule has 0 aliphatic rings. The number of urea groups is 1. The summed E-state index contributed by atoms with van der Waals surface area (Å²) in [7, 11) is 0. The van der Waals surface area contributed by atoms with Crippen LogP contribution in [0.1, 0.15) is 49.5 Å². The molecule has 118 valence electrons. The van der Waals surface area contributed by atoms with E-state index in [1.54, 1.807) is 6.20 Å². The van der Waals surface area contributed by atoms with Crippen LogP contribution >= 0.6 is 11.3 Å². The van der Waals surface area contributed by atoms with Crippen molar-refractivity contribution in [2.45, 2.75) is 46.6 Å². The molecule has 1 rings (SSSR count). The maximum Gasteiger partial charge on any atom is 0.315 e. The van der Waals surface area contributed by atoms with Gasteiger partial charge >= 0.3 is 12.0 Å². The van der Waals surface area contributed by atoms with Crippen LogP contribution in [0.5, 0.6) is 0 Å². The van der Waals surface area contributed by atoms with Crippen molar-refractivity contribution in [2.75, 3.05) is 6.54 Å². The SMILES string of the molecule is CCC(CC)(CNC(=O)NC(C)c1ncc(C)s1)C(=O)O. The Morgan fingerprint density at radius 1 is 1.43 bits per heavy atom. The van der Waals surface area contributed by atoms with Crippen LogP contribution in [0.3, 0.4) is 0 Å². The number of nitrogens with zero attached hydrogens (tertiary/aromatic N) is 1. The number of thiazole rings is 1. The van der Waals surface area contributed by atoms with Crippen molar-refractivity contribution in [1.82, 2.24) is 15.6 Å². The second-order valence-electron chi connectivity index (χ2n) is 5.15. The van der Waals surface area contributed by atoms with Gasteiger partial charge in [-0.2, -0.15) is 0 Å². The van der Waals surface area contributed by atoms with E-state index in [9.17, 15) is 14.7 Å². The smallest absolute Gasteiger partial charge is 0.315 e. The Balaban J connectivity index is 2.55. The summed E-state index contributed by atoms with van der Waals surface area (Å²) >= 11 is 1.53. The van der Waals surface area contributed by atoms with E-state index in [4.69, 9.17) is 0 Å². The summed E-state index contributed by atoms with van der Waals surface area (Å²) in [5.74, 6) is -0.878. The highest BCUT2D eigenvalue weighted by Crippen LogP contribution is 2.25. The van der Waals surface area contributed by atoms with Crippen molar-refractivity contribution in [2.24, 2.45) is 5.41 Å². The van der Waals surface area contributed by atoms with E-state index in [1.807, 2.05) is 27.7 Å². The van der Waals surface area contributed by atoms with E-state index in [0.717, 1.165) is 9.88 Å². The van der Waals surface area contributed by atoms with E-state index >= 15 is 0 Å². The number of aryl methyl sites for hydroxylation is 1. The first-order valence-corrected chi connectivity index (χ1v) is 7.86. The van der Waals surface area contributed by atoms with Crippen molar-refractivity contribution >= 4 is 23.3 Å². The van der Waals surface area contributed by atoms with Gasteiger partial charge in [0.05, 0.1) is 11.5 Å². The van der Waals surface area contributed by atoms with Crippen LogP contribution in [0, 0.1) is 12.3 Å². The number of carboxylic acid groups (broad SMARTS) is 1. The molecule has 1 heterocycles. The van der Waals surface area contributed by atoms with Crippen molar-refractivity contribution in [3.05, 3.63) is 16.1 Å². The quantitative estimate of drug-likeness (QED) is 0.722. The average Bonchev–Trinajstić information content (AvgIpc) is 2.87. The molecule has 21 heavy (non-hydrogen) atoms. The second-order valence-corrected chi connectivity index (χ2v) is 6.42. The predicted octanol–water partition coefficient (Wildman–Crippen LogP) is 2.70. The van der Waals surface area contributed by atoms with Gasteiger partial charge in [-0.1, -0.05) is 13.8 Å². The zero-order chi connectivity index (χ0) is 16.0. The van der Waals surface area contributed by atoms with Gasteiger partial charge in [-0.05, 0) is 26.7 Å². The highest BCUT2D eigenvalue weighted by Gasteiger charge is 2.35. The molecule has 0 radical (unpaired) electrons. The molecule has 0 saturated heterocycles. The maximum atomic E-state index is 11.9. The fraction of sp³-hybridized carbons (Fsp3) is 0.643. The van der Waals surface area contributed by atoms with Gasteiger partial charge in [0.1, 0.15) is 5.01 Å². The maximum absolute atomic E-state index is 11.9. The molecule has 0 fully saturated rings. The number of aromatic nitrogens is 1. The number of rotatable bonds is 7. The molecule has 7 heteroatoms. The predicted molar refractivity (Wildman–Crippen MR) is 82.5 cm³/mol. The minimum atomic E-state index is -0.904. The molecule has 1 atom stereocenters. The number of aliphatic carboxylic acids is 1. The van der Waals surface area contributed by atoms with Gasteiger partial charge in [-0.25, -0.2) is 9.78 Å². The number of carbonyl (C=O) groups is 2. The first-order chi connectivity index (χ1) is 9.84. The summed E-state index contributed by atoms with van der Waals surface area (Å²) in [6.07, 6.45) is 2.71. The Kier molecular flexibility index (Phi) is 6.14. The van der Waals surface area contributed by atoms with Crippen molar-refractivity contribution in [3.63, 3.8) is 0 Å². The highest BCUT2D eigenvalue weighted by atomic mass is 32.1. The Hall–Kier alpha value is -1.63. The number of nitrogens with one attached hydrogen (secondary N) is 2. The number of hydrogen-bond acceptors (Lipinski definition) is 4. The minimum Gasteiger partial charge on any atom is -0.481 e. The molecule has 1 aromatic heterocycles. The fourth-order valence-corrected chi connectivity index (χ4v) is 2.79. The highest BCUT2D eigenvalue weighted by molar-refractivity contribution is 7.11. The molecule has 0 spiro atoms. The van der Waals surface area contributed by atoms with E-state index in [2.05, 4.69) is 15.6 Å². The summed E-state index contributed by atoms with van der Waals surface area (Å²) in [5, 5.41) is 15.6. The molecule has 6 nitrogen and oxygen atoms in total. The zero-order valence-corrected chi connectivity index (χ0v) is 13.7. The van der Waals surface area contributed by atoms with Crippen LogP contribution in [-0.4, -0.2) is 28.6 Å². The number of hydrogen-bond donors (Lipinski definition) is 3. The van der Waals surface area contributed by atoms with Gasteiger partial charge in [0.2, 0.25) is 0 Å². The summed E-state index contributed by atoms with van der Waals surface area (Å²) in [6, 6.07) is -0.575. The van der Waals surface area contributed by atoms with Crippen molar-refractivity contribution < 1.29 is 14.7 Å². The lowest BCUT2D eigenvalue weighted by molar-refractivity contribution is -0.149. The third kappa shape index (κ3) is 4.42. The Morgan fingerprint density at radius 2 is 2.05 bits per heavy atom. The summed E-state index contributed by atoms with van der Waals surface area (Å²) < 4.78 is 0. The van der Waals surface area contributed by atoms with Crippen LogP contribution < -0.4 is 10.6 Å². The Bertz CT molecular complexity index is 497. The molecule has 1 unspecified atom stereocenters. The lowest BCUT2D eigenvalue weighted by Crippen LogP contribution is -2.46. The molecule has 3 N–H and O–H groups in total. The topological polar surface area (TPSA) is 91.3 Å². The zero-order valence-electron chi connectivity index (χ0n) is 12.9. The molecular weight excluding hydrogens is 290 g/mol. The summed E-state index contributed by atoms with van der Waals surface area (Å²) in [6.45, 7) is 7.56. The van der Waals surface area contributed by atoms with Crippen molar-refractivity contribution in [1.29, 1.82) is 0 Å². The summed E-state index contributed by atoms with van der Waals surface area (Å²) in [4.78, 5) is 28.6. The fourth-order valence-electron chi connectivity index (χ4n) is 2.01. The van der Waals surface area contributed by atoms with Crippen LogP contribution in [0.2, 0.25) is 0 Å². The van der Waals surface area contributed by atoms with Gasteiger partial charge in [-0.3, -0.25) is 4.79 Å². The monoisotopic (exact) mass is 313 g/mol. The van der Waals surface area contributed by atoms with Crippen LogP contribution in [0.25, 0.3) is 0 Å². The number of carbonyl (C=O) groups excluding carboxylic acids is 1. The largest absolute Gasteiger partial charge is 0.481 e. The second kappa shape index (κ2) is 7.40. The average molecular weight is 313 g/mol. The number of carboxylic acids is 1. The van der Waals surface area contributed by atoms with E-state index < -0.39 is 11.4 Å². The minimum absolute atomic E-state index is 0.116. The molecule has 0 saturated carbocycles. The first-order valence-electron chi connectivity index (χ1n) is 7.04.